The van der Waals surface area contributed by atoms with Gasteiger partial charge < -0.3 is 20.9 Å². The van der Waals surface area contributed by atoms with E-state index in [1.54, 1.807) is 42.5 Å². The maximum Gasteiger partial charge on any atom is 0.319 e. The lowest BCUT2D eigenvalue weighted by molar-refractivity contribution is 0.100. The highest BCUT2D eigenvalue weighted by Crippen LogP contribution is 2.32. The number of carbonyl (C=O) groups excluding carboxylic acids is 2. The van der Waals surface area contributed by atoms with E-state index in [-0.39, 0.29) is 12.6 Å². The summed E-state index contributed by atoms with van der Waals surface area (Å²) in [4.78, 5) is 24.1. The lowest BCUT2D eigenvalue weighted by Gasteiger charge is -2.11. The van der Waals surface area contributed by atoms with Crippen LogP contribution in [0.25, 0.3) is 22.2 Å². The molecule has 8 heteroatoms. The monoisotopic (exact) mass is 420 g/mol. The van der Waals surface area contributed by atoms with E-state index in [0.717, 1.165) is 11.1 Å². The molecule has 0 aliphatic heterocycles. The van der Waals surface area contributed by atoms with Crippen molar-refractivity contribution < 1.29 is 14.1 Å². The SMILES string of the molecule is NC(=O)c1cccc2onc(-c3ccccc3CNC(=O)Nc3ccc(Cl)cc3)c12. The highest BCUT2D eigenvalue weighted by atomic mass is 35.5. The molecule has 0 unspecified atom stereocenters. The number of urea groups is 1. The number of nitrogens with two attached hydrogens (primary N) is 1. The summed E-state index contributed by atoms with van der Waals surface area (Å²) in [5, 5.41) is 10.8. The van der Waals surface area contributed by atoms with Gasteiger partial charge in [-0.15, -0.1) is 0 Å². The summed E-state index contributed by atoms with van der Waals surface area (Å²) in [6.45, 7) is 0.239. The fraction of sp³-hybridized carbons (Fsp3) is 0.0455. The molecule has 0 saturated carbocycles. The summed E-state index contributed by atoms with van der Waals surface area (Å²) in [6, 6.07) is 18.9. The lowest BCUT2D eigenvalue weighted by Crippen LogP contribution is -2.28. The van der Waals surface area contributed by atoms with Gasteiger partial charge in [0, 0.05) is 22.8 Å². The fourth-order valence-corrected chi connectivity index (χ4v) is 3.30. The van der Waals surface area contributed by atoms with Crippen molar-refractivity contribution in [3.63, 3.8) is 0 Å². The summed E-state index contributed by atoms with van der Waals surface area (Å²) in [7, 11) is 0. The van der Waals surface area contributed by atoms with Crippen LogP contribution in [0.5, 0.6) is 0 Å². The molecular formula is C22H17ClN4O3. The minimum atomic E-state index is -0.567. The fourth-order valence-electron chi connectivity index (χ4n) is 3.17. The van der Waals surface area contributed by atoms with E-state index in [1.807, 2.05) is 24.3 Å². The molecule has 0 radical (unpaired) electrons. The number of carbonyl (C=O) groups is 2. The van der Waals surface area contributed by atoms with Crippen LogP contribution in [0.15, 0.2) is 71.3 Å². The minimum Gasteiger partial charge on any atom is -0.366 e. The first-order valence-corrected chi connectivity index (χ1v) is 9.47. The van der Waals surface area contributed by atoms with Crippen molar-refractivity contribution in [1.29, 1.82) is 0 Å². The predicted molar refractivity (Wildman–Crippen MR) is 115 cm³/mol. The number of nitrogens with one attached hydrogen (secondary N) is 2. The van der Waals surface area contributed by atoms with Gasteiger partial charge in [-0.25, -0.2) is 4.79 Å². The van der Waals surface area contributed by atoms with Crippen LogP contribution in [-0.2, 0) is 6.54 Å². The minimum absolute atomic E-state index is 0.239. The lowest BCUT2D eigenvalue weighted by atomic mass is 9.99. The number of rotatable bonds is 5. The standard InChI is InChI=1S/C22H17ClN4O3/c23-14-8-10-15(11-9-14)26-22(29)25-12-13-4-1-2-5-16(13)20-19-17(21(24)28)6-3-7-18(19)30-27-20/h1-11H,12H2,(H2,24,28)(H2,25,26,29). The average molecular weight is 421 g/mol. The molecule has 30 heavy (non-hydrogen) atoms. The Morgan fingerprint density at radius 1 is 1.00 bits per heavy atom. The summed E-state index contributed by atoms with van der Waals surface area (Å²) in [5.74, 6) is -0.567. The van der Waals surface area contributed by atoms with Crippen LogP contribution < -0.4 is 16.4 Å². The molecule has 0 bridgehead atoms. The Bertz CT molecular complexity index is 1230. The summed E-state index contributed by atoms with van der Waals surface area (Å²) in [5.41, 5.74) is 8.97. The van der Waals surface area contributed by atoms with Crippen molar-refractivity contribution in [3.05, 3.63) is 82.9 Å². The molecule has 3 amide bonds. The second-order valence-electron chi connectivity index (χ2n) is 6.55. The number of halogens is 1. The summed E-state index contributed by atoms with van der Waals surface area (Å²) >= 11 is 5.86. The topological polar surface area (TPSA) is 110 Å². The van der Waals surface area contributed by atoms with Crippen molar-refractivity contribution in [2.75, 3.05) is 5.32 Å². The van der Waals surface area contributed by atoms with Crippen LogP contribution in [0.1, 0.15) is 15.9 Å². The molecule has 7 nitrogen and oxygen atoms in total. The van der Waals surface area contributed by atoms with Gasteiger partial charge in [-0.1, -0.05) is 47.1 Å². The maximum absolute atomic E-state index is 12.3. The van der Waals surface area contributed by atoms with Crippen LogP contribution in [0.4, 0.5) is 10.5 Å². The van der Waals surface area contributed by atoms with Crippen LogP contribution in [0.2, 0.25) is 5.02 Å². The molecule has 0 aliphatic rings. The quantitative estimate of drug-likeness (QED) is 0.439. The van der Waals surface area contributed by atoms with Crippen LogP contribution >= 0.6 is 11.6 Å². The number of anilines is 1. The summed E-state index contributed by atoms with van der Waals surface area (Å²) in [6.07, 6.45) is 0. The summed E-state index contributed by atoms with van der Waals surface area (Å²) < 4.78 is 5.40. The third-order valence-electron chi connectivity index (χ3n) is 4.58. The van der Waals surface area contributed by atoms with Crippen molar-refractivity contribution in [2.45, 2.75) is 6.54 Å². The number of nitrogens with zero attached hydrogens (tertiary/aromatic N) is 1. The van der Waals surface area contributed by atoms with Crippen molar-refractivity contribution in [2.24, 2.45) is 5.73 Å². The third-order valence-corrected chi connectivity index (χ3v) is 4.83. The van der Waals surface area contributed by atoms with E-state index in [1.165, 1.54) is 0 Å². The molecule has 0 saturated heterocycles. The Hall–Kier alpha value is -3.84. The molecular weight excluding hydrogens is 404 g/mol. The number of amides is 3. The first-order valence-electron chi connectivity index (χ1n) is 9.10. The number of hydrogen-bond donors (Lipinski definition) is 3. The molecule has 4 aromatic rings. The zero-order chi connectivity index (χ0) is 21.1. The molecule has 3 aromatic carbocycles. The number of fused-ring (bicyclic) bond motifs is 1. The highest BCUT2D eigenvalue weighted by molar-refractivity contribution is 6.30. The van der Waals surface area contributed by atoms with Gasteiger partial charge in [0.25, 0.3) is 0 Å². The first kappa shape index (κ1) is 19.5. The number of primary amides is 1. The van der Waals surface area contributed by atoms with E-state index in [9.17, 15) is 9.59 Å². The van der Waals surface area contributed by atoms with Gasteiger partial charge in [-0.05, 0) is 42.0 Å². The molecule has 4 rings (SSSR count). The molecule has 0 fully saturated rings. The normalized spacial score (nSPS) is 10.7. The molecule has 0 spiro atoms. The van der Waals surface area contributed by atoms with Gasteiger partial charge >= 0.3 is 6.03 Å². The van der Waals surface area contributed by atoms with E-state index in [4.69, 9.17) is 21.9 Å². The van der Waals surface area contributed by atoms with Gasteiger partial charge in [-0.2, -0.15) is 0 Å². The van der Waals surface area contributed by atoms with Gasteiger partial charge in [0.15, 0.2) is 5.58 Å². The van der Waals surface area contributed by atoms with E-state index >= 15 is 0 Å². The largest absolute Gasteiger partial charge is 0.366 e. The molecule has 1 aromatic heterocycles. The molecule has 0 atom stereocenters. The molecule has 4 N–H and O–H groups in total. The van der Waals surface area contributed by atoms with E-state index in [0.29, 0.717) is 32.9 Å². The Morgan fingerprint density at radius 3 is 2.53 bits per heavy atom. The second-order valence-corrected chi connectivity index (χ2v) is 6.98. The number of aromatic nitrogens is 1. The third kappa shape index (κ3) is 3.97. The molecule has 0 aliphatic carbocycles. The molecule has 150 valence electrons. The van der Waals surface area contributed by atoms with Crippen LogP contribution in [0, 0.1) is 0 Å². The highest BCUT2D eigenvalue weighted by Gasteiger charge is 2.19. The predicted octanol–water partition coefficient (Wildman–Crippen LogP) is 4.57. The maximum atomic E-state index is 12.3. The van der Waals surface area contributed by atoms with Gasteiger partial charge in [0.1, 0.15) is 5.69 Å². The Labute approximate surface area is 176 Å². The van der Waals surface area contributed by atoms with Gasteiger partial charge in [0.2, 0.25) is 5.91 Å². The van der Waals surface area contributed by atoms with E-state index < -0.39 is 5.91 Å². The number of benzene rings is 3. The number of hydrogen-bond acceptors (Lipinski definition) is 4. The van der Waals surface area contributed by atoms with Crippen LogP contribution in [-0.4, -0.2) is 17.1 Å². The second kappa shape index (κ2) is 8.26. The first-order chi connectivity index (χ1) is 14.5. The Kier molecular flexibility index (Phi) is 5.36. The Balaban J connectivity index is 1.59. The zero-order valence-corrected chi connectivity index (χ0v) is 16.4. The van der Waals surface area contributed by atoms with E-state index in [2.05, 4.69) is 15.8 Å². The molecule has 1 heterocycles. The van der Waals surface area contributed by atoms with Crippen molar-refractivity contribution in [1.82, 2.24) is 10.5 Å². The van der Waals surface area contributed by atoms with Crippen molar-refractivity contribution >= 4 is 40.2 Å². The Morgan fingerprint density at radius 2 is 1.77 bits per heavy atom. The smallest absolute Gasteiger partial charge is 0.319 e. The van der Waals surface area contributed by atoms with Gasteiger partial charge in [-0.3, -0.25) is 4.79 Å². The van der Waals surface area contributed by atoms with Gasteiger partial charge in [0.05, 0.1) is 10.9 Å². The van der Waals surface area contributed by atoms with Crippen LogP contribution in [0.3, 0.4) is 0 Å². The van der Waals surface area contributed by atoms with Crippen molar-refractivity contribution in [3.8, 4) is 11.3 Å². The zero-order valence-electron chi connectivity index (χ0n) is 15.7. The average Bonchev–Trinajstić information content (AvgIpc) is 3.18.